The Hall–Kier alpha value is -0.650. The van der Waals surface area contributed by atoms with E-state index >= 15 is 0 Å². The number of aromatic nitrogens is 1. The number of hydrogen-bond acceptors (Lipinski definition) is 4. The van der Waals surface area contributed by atoms with Crippen molar-refractivity contribution in [1.82, 2.24) is 15.6 Å². The van der Waals surface area contributed by atoms with Gasteiger partial charge in [0.2, 0.25) is 0 Å². The lowest BCUT2D eigenvalue weighted by molar-refractivity contribution is 0.398. The number of H-pyrrole nitrogens is 1. The third kappa shape index (κ3) is 4.61. The molecule has 96 valence electrons. The van der Waals surface area contributed by atoms with Gasteiger partial charge in [0.05, 0.1) is 0 Å². The van der Waals surface area contributed by atoms with Crippen LogP contribution in [-0.2, 0) is 6.54 Å². The summed E-state index contributed by atoms with van der Waals surface area (Å²) in [7, 11) is 0. The Morgan fingerprint density at radius 1 is 1.35 bits per heavy atom. The maximum atomic E-state index is 11.0. The molecular formula is C12H21N3OS. The van der Waals surface area contributed by atoms with Crippen LogP contribution in [0.4, 0.5) is 0 Å². The first-order valence-electron chi connectivity index (χ1n) is 6.45. The highest BCUT2D eigenvalue weighted by Crippen LogP contribution is 2.09. The van der Waals surface area contributed by atoms with Gasteiger partial charge in [-0.3, -0.25) is 4.79 Å². The van der Waals surface area contributed by atoms with E-state index < -0.39 is 0 Å². The Morgan fingerprint density at radius 3 is 3.06 bits per heavy atom. The minimum atomic E-state index is 0.0332. The fourth-order valence-corrected chi connectivity index (χ4v) is 2.81. The van der Waals surface area contributed by atoms with Gasteiger partial charge in [0.1, 0.15) is 0 Å². The van der Waals surface area contributed by atoms with Crippen molar-refractivity contribution in [3.8, 4) is 0 Å². The van der Waals surface area contributed by atoms with Crippen LogP contribution in [0.15, 0.2) is 10.2 Å². The van der Waals surface area contributed by atoms with Gasteiger partial charge < -0.3 is 15.6 Å². The van der Waals surface area contributed by atoms with Crippen molar-refractivity contribution in [2.45, 2.75) is 44.7 Å². The maximum absolute atomic E-state index is 11.0. The van der Waals surface area contributed by atoms with Gasteiger partial charge in [0.15, 0.2) is 0 Å². The number of rotatable bonds is 4. The normalized spacial score (nSPS) is 22.0. The lowest BCUT2D eigenvalue weighted by Crippen LogP contribution is -2.39. The maximum Gasteiger partial charge on any atom is 0.304 e. The number of hydrogen-bond donors (Lipinski definition) is 3. The highest BCUT2D eigenvalue weighted by molar-refractivity contribution is 7.07. The molecule has 1 unspecified atom stereocenters. The zero-order chi connectivity index (χ0) is 11.9. The molecule has 2 rings (SSSR count). The van der Waals surface area contributed by atoms with Crippen molar-refractivity contribution < 1.29 is 0 Å². The third-order valence-corrected chi connectivity index (χ3v) is 3.91. The van der Waals surface area contributed by atoms with Crippen molar-refractivity contribution in [2.75, 3.05) is 13.1 Å². The Bertz CT molecular complexity index is 366. The summed E-state index contributed by atoms with van der Waals surface area (Å²) in [6, 6.07) is 0.584. The van der Waals surface area contributed by atoms with Crippen LogP contribution in [0, 0.1) is 0 Å². The van der Waals surface area contributed by atoms with Gasteiger partial charge in [-0.1, -0.05) is 30.6 Å². The molecule has 0 aliphatic carbocycles. The lowest BCUT2D eigenvalue weighted by Gasteiger charge is -2.21. The van der Waals surface area contributed by atoms with Gasteiger partial charge in [-0.05, 0) is 19.4 Å². The standard InChI is InChI=1S/C12H21N3OS/c16-12-15-11(9-17-12)8-13-7-10-5-3-1-2-4-6-14-10/h9-10,13-14H,1-8H2,(H,15,16). The van der Waals surface area contributed by atoms with E-state index in [0.29, 0.717) is 6.04 Å². The molecule has 1 aromatic rings. The summed E-state index contributed by atoms with van der Waals surface area (Å²) in [4.78, 5) is 13.8. The highest BCUT2D eigenvalue weighted by Gasteiger charge is 2.09. The molecule has 0 amide bonds. The van der Waals surface area contributed by atoms with Gasteiger partial charge in [-0.2, -0.15) is 0 Å². The van der Waals surface area contributed by atoms with E-state index in [4.69, 9.17) is 0 Å². The van der Waals surface area contributed by atoms with Crippen LogP contribution in [0.1, 0.15) is 37.8 Å². The summed E-state index contributed by atoms with van der Waals surface area (Å²) in [5.41, 5.74) is 0.992. The summed E-state index contributed by atoms with van der Waals surface area (Å²) < 4.78 is 0. The van der Waals surface area contributed by atoms with Crippen molar-refractivity contribution in [1.29, 1.82) is 0 Å². The molecule has 0 saturated carbocycles. The fourth-order valence-electron chi connectivity index (χ4n) is 2.23. The predicted molar refractivity (Wildman–Crippen MR) is 71.5 cm³/mol. The second-order valence-corrected chi connectivity index (χ2v) is 5.50. The summed E-state index contributed by atoms with van der Waals surface area (Å²) >= 11 is 1.23. The molecule has 1 atom stereocenters. The van der Waals surface area contributed by atoms with Gasteiger partial charge in [0, 0.05) is 30.2 Å². The van der Waals surface area contributed by atoms with Crippen LogP contribution in [0.5, 0.6) is 0 Å². The minimum Gasteiger partial charge on any atom is -0.315 e. The van der Waals surface area contributed by atoms with Crippen molar-refractivity contribution in [2.24, 2.45) is 0 Å². The van der Waals surface area contributed by atoms with Crippen LogP contribution < -0.4 is 15.5 Å². The van der Waals surface area contributed by atoms with Crippen molar-refractivity contribution in [3.63, 3.8) is 0 Å². The van der Waals surface area contributed by atoms with E-state index in [2.05, 4.69) is 15.6 Å². The molecular weight excluding hydrogens is 234 g/mol. The van der Waals surface area contributed by atoms with Crippen molar-refractivity contribution in [3.05, 3.63) is 20.7 Å². The average molecular weight is 255 g/mol. The van der Waals surface area contributed by atoms with E-state index in [0.717, 1.165) is 25.3 Å². The Kier molecular flexibility index (Phi) is 5.22. The molecule has 2 heterocycles. The summed E-state index contributed by atoms with van der Waals surface area (Å²) in [5, 5.41) is 8.88. The van der Waals surface area contributed by atoms with Gasteiger partial charge >= 0.3 is 4.87 Å². The second kappa shape index (κ2) is 6.93. The number of nitrogens with one attached hydrogen (secondary N) is 3. The summed E-state index contributed by atoms with van der Waals surface area (Å²) in [6.07, 6.45) is 6.62. The molecule has 5 heteroatoms. The molecule has 17 heavy (non-hydrogen) atoms. The fraction of sp³-hybridized carbons (Fsp3) is 0.750. The van der Waals surface area contributed by atoms with Crippen LogP contribution in [-0.4, -0.2) is 24.1 Å². The molecule has 1 fully saturated rings. The summed E-state index contributed by atoms with van der Waals surface area (Å²) in [5.74, 6) is 0. The Labute approximate surface area is 106 Å². The molecule has 0 bridgehead atoms. The molecule has 4 nitrogen and oxygen atoms in total. The topological polar surface area (TPSA) is 56.9 Å². The molecule has 0 spiro atoms. The zero-order valence-corrected chi connectivity index (χ0v) is 10.9. The molecule has 3 N–H and O–H groups in total. The van der Waals surface area contributed by atoms with E-state index in [1.807, 2.05) is 5.38 Å². The smallest absolute Gasteiger partial charge is 0.304 e. The minimum absolute atomic E-state index is 0.0332. The molecule has 0 aromatic carbocycles. The SMILES string of the molecule is O=c1[nH]c(CNCC2CCCCCCN2)cs1. The molecule has 1 saturated heterocycles. The second-order valence-electron chi connectivity index (χ2n) is 4.66. The van der Waals surface area contributed by atoms with Gasteiger partial charge in [-0.25, -0.2) is 0 Å². The van der Waals surface area contributed by atoms with E-state index in [-0.39, 0.29) is 4.87 Å². The van der Waals surface area contributed by atoms with Crippen LogP contribution in [0.25, 0.3) is 0 Å². The molecule has 0 radical (unpaired) electrons. The highest BCUT2D eigenvalue weighted by atomic mass is 32.1. The van der Waals surface area contributed by atoms with Crippen molar-refractivity contribution >= 4 is 11.3 Å². The first-order chi connectivity index (χ1) is 8.34. The Balaban J connectivity index is 1.68. The van der Waals surface area contributed by atoms with E-state index in [9.17, 15) is 4.79 Å². The lowest BCUT2D eigenvalue weighted by atomic mass is 10.0. The first kappa shape index (κ1) is 12.8. The van der Waals surface area contributed by atoms with Gasteiger partial charge in [-0.15, -0.1) is 0 Å². The van der Waals surface area contributed by atoms with Crippen LogP contribution in [0.2, 0.25) is 0 Å². The number of aromatic amines is 1. The molecule has 1 aliphatic heterocycles. The average Bonchev–Trinajstić information content (AvgIpc) is 2.67. The third-order valence-electron chi connectivity index (χ3n) is 3.19. The first-order valence-corrected chi connectivity index (χ1v) is 7.33. The number of thiazole rings is 1. The quantitative estimate of drug-likeness (QED) is 0.763. The molecule has 1 aromatic heterocycles. The largest absolute Gasteiger partial charge is 0.315 e. The van der Waals surface area contributed by atoms with Crippen LogP contribution in [0.3, 0.4) is 0 Å². The van der Waals surface area contributed by atoms with E-state index in [1.165, 1.54) is 43.4 Å². The predicted octanol–water partition coefficient (Wildman–Crippen LogP) is 1.45. The summed E-state index contributed by atoms with van der Waals surface area (Å²) in [6.45, 7) is 2.89. The Morgan fingerprint density at radius 2 is 2.24 bits per heavy atom. The molecule has 1 aliphatic rings. The van der Waals surface area contributed by atoms with E-state index in [1.54, 1.807) is 0 Å². The monoisotopic (exact) mass is 255 g/mol. The van der Waals surface area contributed by atoms with Crippen LogP contribution >= 0.6 is 11.3 Å². The zero-order valence-electron chi connectivity index (χ0n) is 10.1. The van der Waals surface area contributed by atoms with Gasteiger partial charge in [0.25, 0.3) is 0 Å².